The predicted molar refractivity (Wildman–Crippen MR) is 108 cm³/mol. The van der Waals surface area contributed by atoms with Crippen molar-refractivity contribution in [2.75, 3.05) is 28.4 Å². The summed E-state index contributed by atoms with van der Waals surface area (Å²) in [7, 11) is -5.52. The second kappa shape index (κ2) is 8.30. The first-order chi connectivity index (χ1) is 13.0. The molecular formula is C19H24F3N3O2S. The minimum Gasteiger partial charge on any atom is -0.397 e. The Bertz CT molecular complexity index is 928. The van der Waals surface area contributed by atoms with Gasteiger partial charge in [-0.05, 0) is 36.6 Å². The molecule has 0 radical (unpaired) electrons. The van der Waals surface area contributed by atoms with E-state index >= 15 is 0 Å². The highest BCUT2D eigenvalue weighted by molar-refractivity contribution is 7.93. The Morgan fingerprint density at radius 3 is 2.32 bits per heavy atom. The molecule has 0 unspecified atom stereocenters. The zero-order valence-corrected chi connectivity index (χ0v) is 16.7. The number of benzene rings is 2. The molecular weight excluding hydrogens is 391 g/mol. The van der Waals surface area contributed by atoms with Crippen molar-refractivity contribution in [1.29, 1.82) is 0 Å². The Balaban J connectivity index is 2.43. The molecule has 0 spiro atoms. The smallest absolute Gasteiger partial charge is 0.397 e. The summed E-state index contributed by atoms with van der Waals surface area (Å²) in [6, 6.07) is 11.0. The lowest BCUT2D eigenvalue weighted by atomic mass is 10.0. The zero-order chi connectivity index (χ0) is 21.1. The van der Waals surface area contributed by atoms with Gasteiger partial charge in [-0.15, -0.1) is 0 Å². The molecule has 9 heteroatoms. The Morgan fingerprint density at radius 1 is 1.14 bits per heavy atom. The van der Waals surface area contributed by atoms with E-state index in [1.165, 1.54) is 18.2 Å². The molecule has 2 rings (SSSR count). The van der Waals surface area contributed by atoms with Gasteiger partial charge in [0.05, 0.1) is 17.1 Å². The maximum Gasteiger partial charge on any atom is 0.516 e. The maximum atomic E-state index is 12.7. The SMILES string of the molecule is CCN(CC(C)C)c1ccc(-c2ccccc2NS(=O)(=O)C(F)(F)F)cc1N. The Hall–Kier alpha value is -2.42. The molecule has 2 aromatic carbocycles. The first kappa shape index (κ1) is 21.9. The molecule has 0 heterocycles. The minimum absolute atomic E-state index is 0.165. The van der Waals surface area contributed by atoms with E-state index < -0.39 is 15.5 Å². The van der Waals surface area contributed by atoms with Crippen LogP contribution in [0.2, 0.25) is 0 Å². The van der Waals surface area contributed by atoms with Crippen molar-refractivity contribution < 1.29 is 21.6 Å². The largest absolute Gasteiger partial charge is 0.516 e. The second-order valence-electron chi connectivity index (χ2n) is 6.80. The molecule has 0 amide bonds. The van der Waals surface area contributed by atoms with E-state index in [9.17, 15) is 21.6 Å². The van der Waals surface area contributed by atoms with Crippen molar-refractivity contribution in [3.63, 3.8) is 0 Å². The molecule has 0 aliphatic rings. The van der Waals surface area contributed by atoms with Gasteiger partial charge in [0, 0.05) is 18.7 Å². The fourth-order valence-electron chi connectivity index (χ4n) is 2.88. The number of anilines is 3. The Kier molecular flexibility index (Phi) is 6.48. The number of hydrogen-bond donors (Lipinski definition) is 2. The zero-order valence-electron chi connectivity index (χ0n) is 15.9. The summed E-state index contributed by atoms with van der Waals surface area (Å²) in [5, 5.41) is 0. The Labute approximate surface area is 163 Å². The van der Waals surface area contributed by atoms with Gasteiger partial charge in [0.15, 0.2) is 0 Å². The first-order valence-electron chi connectivity index (χ1n) is 8.79. The average molecular weight is 415 g/mol. The molecule has 0 atom stereocenters. The van der Waals surface area contributed by atoms with E-state index in [4.69, 9.17) is 5.73 Å². The van der Waals surface area contributed by atoms with Crippen LogP contribution in [0.1, 0.15) is 20.8 Å². The van der Waals surface area contributed by atoms with E-state index in [1.807, 2.05) is 6.92 Å². The third kappa shape index (κ3) is 4.89. The number of nitrogens with zero attached hydrogens (tertiary/aromatic N) is 1. The average Bonchev–Trinajstić information content (AvgIpc) is 2.59. The summed E-state index contributed by atoms with van der Waals surface area (Å²) < 4.78 is 62.8. The minimum atomic E-state index is -5.52. The number of hydrogen-bond acceptors (Lipinski definition) is 4. The van der Waals surface area contributed by atoms with Crippen LogP contribution in [0.25, 0.3) is 11.1 Å². The molecule has 0 aliphatic carbocycles. The number of nitrogen functional groups attached to an aromatic ring is 1. The second-order valence-corrected chi connectivity index (χ2v) is 8.48. The molecule has 0 aromatic heterocycles. The first-order valence-corrected chi connectivity index (χ1v) is 10.3. The standard InChI is InChI=1S/C19H24F3N3O2S/c1-4-25(12-13(2)3)18-10-9-14(11-16(18)23)15-7-5-6-8-17(15)24-28(26,27)19(20,21)22/h5-11,13,24H,4,12,23H2,1-3H3. The fourth-order valence-corrected chi connectivity index (χ4v) is 3.46. The molecule has 154 valence electrons. The summed E-state index contributed by atoms with van der Waals surface area (Å²) in [4.78, 5) is 2.11. The molecule has 0 bridgehead atoms. The van der Waals surface area contributed by atoms with Crippen LogP contribution in [0.3, 0.4) is 0 Å². The summed E-state index contributed by atoms with van der Waals surface area (Å²) in [5.74, 6) is 0.427. The number of para-hydroxylation sites is 1. The van der Waals surface area contributed by atoms with Crippen molar-refractivity contribution in [3.8, 4) is 11.1 Å². The van der Waals surface area contributed by atoms with Crippen LogP contribution in [0.4, 0.5) is 30.2 Å². The van der Waals surface area contributed by atoms with Gasteiger partial charge in [0.1, 0.15) is 0 Å². The summed E-state index contributed by atoms with van der Waals surface area (Å²) in [6.45, 7) is 7.76. The van der Waals surface area contributed by atoms with Crippen molar-refractivity contribution in [2.45, 2.75) is 26.3 Å². The fraction of sp³-hybridized carbons (Fsp3) is 0.368. The number of alkyl halides is 3. The number of nitrogens with one attached hydrogen (secondary N) is 1. The van der Waals surface area contributed by atoms with Crippen LogP contribution >= 0.6 is 0 Å². The number of rotatable bonds is 7. The number of halogens is 3. The molecule has 2 aromatic rings. The summed E-state index contributed by atoms with van der Waals surface area (Å²) >= 11 is 0. The lowest BCUT2D eigenvalue weighted by Gasteiger charge is -2.27. The van der Waals surface area contributed by atoms with Crippen molar-refractivity contribution >= 4 is 27.1 Å². The van der Waals surface area contributed by atoms with Crippen LogP contribution in [0.15, 0.2) is 42.5 Å². The number of nitrogens with two attached hydrogens (primary N) is 1. The van der Waals surface area contributed by atoms with Gasteiger partial charge >= 0.3 is 15.5 Å². The van der Waals surface area contributed by atoms with Crippen LogP contribution < -0.4 is 15.4 Å². The predicted octanol–water partition coefficient (Wildman–Crippen LogP) is 4.68. The lowest BCUT2D eigenvalue weighted by Crippen LogP contribution is -2.30. The monoisotopic (exact) mass is 415 g/mol. The van der Waals surface area contributed by atoms with Crippen LogP contribution in [0.5, 0.6) is 0 Å². The van der Waals surface area contributed by atoms with Crippen LogP contribution in [-0.4, -0.2) is 27.0 Å². The van der Waals surface area contributed by atoms with Gasteiger partial charge in [-0.1, -0.05) is 38.1 Å². The van der Waals surface area contributed by atoms with Crippen molar-refractivity contribution in [3.05, 3.63) is 42.5 Å². The molecule has 0 saturated heterocycles. The number of sulfonamides is 1. The van der Waals surface area contributed by atoms with E-state index in [0.29, 0.717) is 22.7 Å². The summed E-state index contributed by atoms with van der Waals surface area (Å²) in [5.41, 5.74) is 2.75. The highest BCUT2D eigenvalue weighted by atomic mass is 32.2. The third-order valence-electron chi connectivity index (χ3n) is 4.12. The van der Waals surface area contributed by atoms with Gasteiger partial charge in [-0.25, -0.2) is 0 Å². The molecule has 0 saturated carbocycles. The van der Waals surface area contributed by atoms with E-state index in [2.05, 4.69) is 18.7 Å². The van der Waals surface area contributed by atoms with Crippen molar-refractivity contribution in [2.24, 2.45) is 5.92 Å². The highest BCUT2D eigenvalue weighted by Gasteiger charge is 2.46. The van der Waals surface area contributed by atoms with E-state index in [-0.39, 0.29) is 5.69 Å². The lowest BCUT2D eigenvalue weighted by molar-refractivity contribution is -0.0429. The van der Waals surface area contributed by atoms with Gasteiger partial charge in [0.2, 0.25) is 0 Å². The molecule has 5 nitrogen and oxygen atoms in total. The van der Waals surface area contributed by atoms with Crippen LogP contribution in [0, 0.1) is 5.92 Å². The van der Waals surface area contributed by atoms with Gasteiger partial charge in [-0.3, -0.25) is 4.72 Å². The van der Waals surface area contributed by atoms with E-state index in [1.54, 1.807) is 29.0 Å². The van der Waals surface area contributed by atoms with Crippen LogP contribution in [-0.2, 0) is 10.0 Å². The maximum absolute atomic E-state index is 12.7. The van der Waals surface area contributed by atoms with Gasteiger partial charge in [0.25, 0.3) is 0 Å². The molecule has 0 aliphatic heterocycles. The van der Waals surface area contributed by atoms with Gasteiger partial charge < -0.3 is 10.6 Å². The quantitative estimate of drug-likeness (QED) is 0.644. The van der Waals surface area contributed by atoms with E-state index in [0.717, 1.165) is 18.8 Å². The Morgan fingerprint density at radius 2 is 1.79 bits per heavy atom. The van der Waals surface area contributed by atoms with Gasteiger partial charge in [-0.2, -0.15) is 21.6 Å². The highest BCUT2D eigenvalue weighted by Crippen LogP contribution is 2.35. The molecule has 3 N–H and O–H groups in total. The third-order valence-corrected chi connectivity index (χ3v) is 5.22. The topological polar surface area (TPSA) is 75.4 Å². The normalized spacial score (nSPS) is 12.2. The molecule has 0 fully saturated rings. The summed E-state index contributed by atoms with van der Waals surface area (Å²) in [6.07, 6.45) is 0. The molecule has 28 heavy (non-hydrogen) atoms. The van der Waals surface area contributed by atoms with Crippen molar-refractivity contribution in [1.82, 2.24) is 0 Å².